The molecule has 1 N–H and O–H groups in total. The van der Waals surface area contributed by atoms with E-state index in [-0.39, 0.29) is 12.0 Å². The fraction of sp³-hybridized carbons (Fsp3) is 0.929. The first-order chi connectivity index (χ1) is 8.48. The zero-order valence-corrected chi connectivity index (χ0v) is 12.3. The molecule has 0 spiro atoms. The lowest BCUT2D eigenvalue weighted by atomic mass is 9.93. The van der Waals surface area contributed by atoms with Gasteiger partial charge >= 0.3 is 5.97 Å². The van der Waals surface area contributed by atoms with Crippen molar-refractivity contribution in [3.05, 3.63) is 0 Å². The average molecular weight is 256 g/mol. The first kappa shape index (κ1) is 15.4. The van der Waals surface area contributed by atoms with Crippen LogP contribution in [-0.2, 0) is 9.53 Å². The van der Waals surface area contributed by atoms with Crippen molar-refractivity contribution in [1.82, 2.24) is 10.2 Å². The number of carbonyl (C=O) groups excluding carboxylic acids is 1. The van der Waals surface area contributed by atoms with E-state index in [2.05, 4.69) is 31.0 Å². The van der Waals surface area contributed by atoms with Crippen molar-refractivity contribution in [3.63, 3.8) is 0 Å². The van der Waals surface area contributed by atoms with Gasteiger partial charge in [0.2, 0.25) is 0 Å². The van der Waals surface area contributed by atoms with Crippen LogP contribution in [0.2, 0.25) is 0 Å². The Hall–Kier alpha value is -0.610. The third kappa shape index (κ3) is 4.94. The number of rotatable bonds is 7. The molecule has 4 nitrogen and oxygen atoms in total. The van der Waals surface area contributed by atoms with Gasteiger partial charge < -0.3 is 15.0 Å². The summed E-state index contributed by atoms with van der Waals surface area (Å²) in [5.41, 5.74) is 0.379. The van der Waals surface area contributed by atoms with Gasteiger partial charge in [0.15, 0.2) is 0 Å². The molecule has 1 atom stereocenters. The molecule has 0 bridgehead atoms. The van der Waals surface area contributed by atoms with Crippen LogP contribution in [0.25, 0.3) is 0 Å². The number of carbonyl (C=O) groups is 1. The molecule has 1 fully saturated rings. The Kier molecular flexibility index (Phi) is 6.09. The molecule has 1 saturated heterocycles. The molecule has 1 aliphatic rings. The van der Waals surface area contributed by atoms with Gasteiger partial charge in [0, 0.05) is 13.1 Å². The van der Waals surface area contributed by atoms with Gasteiger partial charge in [-0.25, -0.2) is 0 Å². The van der Waals surface area contributed by atoms with E-state index in [1.165, 1.54) is 6.42 Å². The maximum absolute atomic E-state index is 11.9. The van der Waals surface area contributed by atoms with E-state index in [0.717, 1.165) is 32.6 Å². The number of nitrogens with one attached hydrogen (secondary N) is 1. The second kappa shape index (κ2) is 7.10. The van der Waals surface area contributed by atoms with Gasteiger partial charge in [-0.1, -0.05) is 20.8 Å². The normalized spacial score (nSPS) is 20.9. The number of hydrogen-bond acceptors (Lipinski definition) is 4. The SMILES string of the molecule is CCCNC(CN1CCC(C)(C)C1)C(=O)OCC. The smallest absolute Gasteiger partial charge is 0.324 e. The van der Waals surface area contributed by atoms with Crippen molar-refractivity contribution in [2.75, 3.05) is 32.8 Å². The minimum absolute atomic E-state index is 0.115. The summed E-state index contributed by atoms with van der Waals surface area (Å²) in [6.45, 7) is 12.8. The number of nitrogens with zero attached hydrogens (tertiary/aromatic N) is 1. The highest BCUT2D eigenvalue weighted by Crippen LogP contribution is 2.28. The molecule has 18 heavy (non-hydrogen) atoms. The van der Waals surface area contributed by atoms with E-state index >= 15 is 0 Å². The van der Waals surface area contributed by atoms with Gasteiger partial charge in [0.25, 0.3) is 0 Å². The van der Waals surface area contributed by atoms with Crippen molar-refractivity contribution in [2.45, 2.75) is 46.6 Å². The lowest BCUT2D eigenvalue weighted by Crippen LogP contribution is -2.47. The summed E-state index contributed by atoms with van der Waals surface area (Å²) in [7, 11) is 0. The number of hydrogen-bond donors (Lipinski definition) is 1. The van der Waals surface area contributed by atoms with E-state index in [0.29, 0.717) is 12.0 Å². The van der Waals surface area contributed by atoms with Crippen molar-refractivity contribution < 1.29 is 9.53 Å². The van der Waals surface area contributed by atoms with Crippen molar-refractivity contribution in [1.29, 1.82) is 0 Å². The summed E-state index contributed by atoms with van der Waals surface area (Å²) < 4.78 is 5.14. The molecule has 1 heterocycles. The third-order valence-corrected chi connectivity index (χ3v) is 3.41. The average Bonchev–Trinajstić information content (AvgIpc) is 2.64. The number of esters is 1. The van der Waals surface area contributed by atoms with Gasteiger partial charge in [-0.3, -0.25) is 4.79 Å². The molecule has 4 heteroatoms. The predicted octanol–water partition coefficient (Wildman–Crippen LogP) is 1.65. The zero-order valence-electron chi connectivity index (χ0n) is 12.3. The van der Waals surface area contributed by atoms with Crippen molar-refractivity contribution in [2.24, 2.45) is 5.41 Å². The van der Waals surface area contributed by atoms with Crippen LogP contribution in [0.4, 0.5) is 0 Å². The highest BCUT2D eigenvalue weighted by molar-refractivity contribution is 5.76. The Morgan fingerprint density at radius 2 is 2.17 bits per heavy atom. The second-order valence-corrected chi connectivity index (χ2v) is 5.91. The molecular formula is C14H28N2O2. The van der Waals surface area contributed by atoms with Crippen molar-refractivity contribution in [3.8, 4) is 0 Å². The molecule has 0 aromatic heterocycles. The fourth-order valence-electron chi connectivity index (χ4n) is 2.42. The molecule has 106 valence electrons. The predicted molar refractivity (Wildman–Crippen MR) is 73.6 cm³/mol. The Morgan fingerprint density at radius 3 is 2.67 bits per heavy atom. The van der Waals surface area contributed by atoms with E-state index in [1.807, 2.05) is 6.92 Å². The minimum Gasteiger partial charge on any atom is -0.465 e. The molecule has 1 rings (SSSR count). The van der Waals surface area contributed by atoms with Crippen LogP contribution in [0.15, 0.2) is 0 Å². The Balaban J connectivity index is 2.47. The standard InChI is InChI=1S/C14H28N2O2/c1-5-8-15-12(13(17)18-6-2)10-16-9-7-14(3,4)11-16/h12,15H,5-11H2,1-4H3. The molecular weight excluding hydrogens is 228 g/mol. The van der Waals surface area contributed by atoms with Gasteiger partial charge in [-0.2, -0.15) is 0 Å². The first-order valence-corrected chi connectivity index (χ1v) is 7.11. The van der Waals surface area contributed by atoms with Crippen molar-refractivity contribution >= 4 is 5.97 Å². The Morgan fingerprint density at radius 1 is 1.44 bits per heavy atom. The van der Waals surface area contributed by atoms with Crippen LogP contribution in [0.5, 0.6) is 0 Å². The molecule has 0 radical (unpaired) electrons. The van der Waals surface area contributed by atoms with Crippen LogP contribution in [0.3, 0.4) is 0 Å². The van der Waals surface area contributed by atoms with Crippen LogP contribution in [-0.4, -0.2) is 49.7 Å². The van der Waals surface area contributed by atoms with Crippen LogP contribution in [0.1, 0.15) is 40.5 Å². The van der Waals surface area contributed by atoms with Gasteiger partial charge in [-0.05, 0) is 38.3 Å². The summed E-state index contributed by atoms with van der Waals surface area (Å²) >= 11 is 0. The molecule has 0 saturated carbocycles. The molecule has 1 unspecified atom stereocenters. The van der Waals surface area contributed by atoms with Crippen LogP contribution >= 0.6 is 0 Å². The highest BCUT2D eigenvalue weighted by Gasteiger charge is 2.32. The van der Waals surface area contributed by atoms with Crippen LogP contribution in [0, 0.1) is 5.41 Å². The lowest BCUT2D eigenvalue weighted by Gasteiger charge is -2.24. The Bertz CT molecular complexity index is 267. The molecule has 1 aliphatic heterocycles. The molecule has 0 aromatic carbocycles. The number of ether oxygens (including phenoxy) is 1. The minimum atomic E-state index is -0.182. The summed E-state index contributed by atoms with van der Waals surface area (Å²) in [5.74, 6) is -0.115. The Labute approximate surface area is 111 Å². The highest BCUT2D eigenvalue weighted by atomic mass is 16.5. The van der Waals surface area contributed by atoms with E-state index < -0.39 is 0 Å². The molecule has 0 amide bonds. The first-order valence-electron chi connectivity index (χ1n) is 7.11. The topological polar surface area (TPSA) is 41.6 Å². The lowest BCUT2D eigenvalue weighted by molar-refractivity contribution is -0.146. The quantitative estimate of drug-likeness (QED) is 0.703. The maximum Gasteiger partial charge on any atom is 0.324 e. The van der Waals surface area contributed by atoms with E-state index in [9.17, 15) is 4.79 Å². The van der Waals surface area contributed by atoms with Gasteiger partial charge in [0.05, 0.1) is 6.61 Å². The number of likely N-dealkylation sites (tertiary alicyclic amines) is 1. The molecule has 0 aromatic rings. The van der Waals surface area contributed by atoms with E-state index in [4.69, 9.17) is 4.74 Å². The largest absolute Gasteiger partial charge is 0.465 e. The fourth-order valence-corrected chi connectivity index (χ4v) is 2.42. The molecule has 0 aliphatic carbocycles. The van der Waals surface area contributed by atoms with Crippen LogP contribution < -0.4 is 5.32 Å². The van der Waals surface area contributed by atoms with E-state index in [1.54, 1.807) is 0 Å². The monoisotopic (exact) mass is 256 g/mol. The third-order valence-electron chi connectivity index (χ3n) is 3.41. The summed E-state index contributed by atoms with van der Waals surface area (Å²) in [6.07, 6.45) is 2.23. The van der Waals surface area contributed by atoms with Gasteiger partial charge in [0.1, 0.15) is 6.04 Å². The van der Waals surface area contributed by atoms with Gasteiger partial charge in [-0.15, -0.1) is 0 Å². The zero-order chi connectivity index (χ0) is 13.6. The summed E-state index contributed by atoms with van der Waals surface area (Å²) in [4.78, 5) is 14.3. The second-order valence-electron chi connectivity index (χ2n) is 5.91. The maximum atomic E-state index is 11.9. The summed E-state index contributed by atoms with van der Waals surface area (Å²) in [5, 5.41) is 3.29. The summed E-state index contributed by atoms with van der Waals surface area (Å²) in [6, 6.07) is -0.182.